The average molecular weight is 292 g/mol. The molecule has 0 saturated heterocycles. The van der Waals surface area contributed by atoms with Gasteiger partial charge in [-0.3, -0.25) is 23.9 Å². The summed E-state index contributed by atoms with van der Waals surface area (Å²) in [6, 6.07) is 0.215. The van der Waals surface area contributed by atoms with Gasteiger partial charge in [0, 0.05) is 20.1 Å². The lowest BCUT2D eigenvalue weighted by molar-refractivity contribution is 0.359. The number of hydrogen-bond acceptors (Lipinski definition) is 5. The predicted molar refractivity (Wildman–Crippen MR) is 80.1 cm³/mol. The van der Waals surface area contributed by atoms with Crippen LogP contribution < -0.4 is 22.5 Å². The summed E-state index contributed by atoms with van der Waals surface area (Å²) in [5, 5.41) is 0. The van der Waals surface area contributed by atoms with Crippen LogP contribution >= 0.6 is 0 Å². The quantitative estimate of drug-likeness (QED) is 0.609. The minimum atomic E-state index is -0.390. The molecule has 0 amide bonds. The number of nitrogens with zero attached hydrogens (tertiary/aromatic N) is 4. The Labute approximate surface area is 121 Å². The maximum atomic E-state index is 12.3. The van der Waals surface area contributed by atoms with E-state index in [2.05, 4.69) is 10.4 Å². The lowest BCUT2D eigenvalue weighted by Gasteiger charge is -2.25. The monoisotopic (exact) mass is 292 g/mol. The molecule has 2 aromatic rings. The van der Waals surface area contributed by atoms with Gasteiger partial charge in [-0.05, 0) is 12.8 Å². The molecule has 1 saturated carbocycles. The number of hydrogen-bond donors (Lipinski definition) is 2. The fourth-order valence-electron chi connectivity index (χ4n) is 3.24. The molecular weight excluding hydrogens is 272 g/mol. The summed E-state index contributed by atoms with van der Waals surface area (Å²) < 4.78 is 4.46. The molecule has 114 valence electrons. The van der Waals surface area contributed by atoms with Gasteiger partial charge in [0.15, 0.2) is 11.2 Å². The molecule has 8 nitrogen and oxygen atoms in total. The predicted octanol–water partition coefficient (Wildman–Crippen LogP) is 0.224. The Bertz CT molecular complexity index is 794. The summed E-state index contributed by atoms with van der Waals surface area (Å²) in [6.07, 6.45) is 5.49. The van der Waals surface area contributed by atoms with Crippen molar-refractivity contribution in [3.05, 3.63) is 20.8 Å². The van der Waals surface area contributed by atoms with E-state index >= 15 is 0 Å². The molecular formula is C13H20N6O2. The summed E-state index contributed by atoms with van der Waals surface area (Å²) in [5.74, 6) is 6.01. The third-order valence-corrected chi connectivity index (χ3v) is 4.35. The first-order valence-electron chi connectivity index (χ1n) is 7.20. The van der Waals surface area contributed by atoms with Crippen LogP contribution in [0, 0.1) is 0 Å². The Morgan fingerprint density at radius 1 is 1.14 bits per heavy atom. The highest BCUT2D eigenvalue weighted by Gasteiger charge is 2.25. The Balaban J connectivity index is 2.37. The maximum Gasteiger partial charge on any atom is 0.332 e. The molecule has 0 atom stereocenters. The van der Waals surface area contributed by atoms with Gasteiger partial charge in [-0.15, -0.1) is 0 Å². The highest BCUT2D eigenvalue weighted by atomic mass is 16.2. The summed E-state index contributed by atoms with van der Waals surface area (Å²) in [5.41, 5.74) is 2.64. The third-order valence-electron chi connectivity index (χ3n) is 4.35. The van der Waals surface area contributed by atoms with Crippen molar-refractivity contribution in [1.29, 1.82) is 0 Å². The zero-order valence-electron chi connectivity index (χ0n) is 12.3. The summed E-state index contributed by atoms with van der Waals surface area (Å²) >= 11 is 0. The van der Waals surface area contributed by atoms with Gasteiger partial charge in [0.05, 0.1) is 0 Å². The average Bonchev–Trinajstić information content (AvgIpc) is 2.91. The van der Waals surface area contributed by atoms with Crippen LogP contribution in [0.1, 0.15) is 38.1 Å². The molecule has 0 aromatic carbocycles. The van der Waals surface area contributed by atoms with Crippen LogP contribution in [-0.4, -0.2) is 18.7 Å². The van der Waals surface area contributed by atoms with Gasteiger partial charge in [-0.2, -0.15) is 0 Å². The largest absolute Gasteiger partial charge is 0.332 e. The van der Waals surface area contributed by atoms with Crippen LogP contribution in [0.4, 0.5) is 5.95 Å². The van der Waals surface area contributed by atoms with E-state index in [1.165, 1.54) is 18.0 Å². The van der Waals surface area contributed by atoms with E-state index in [0.717, 1.165) is 30.3 Å². The van der Waals surface area contributed by atoms with Crippen molar-refractivity contribution in [3.63, 3.8) is 0 Å². The first-order valence-corrected chi connectivity index (χ1v) is 7.20. The molecule has 1 aliphatic carbocycles. The minimum Gasteiger partial charge on any atom is -0.294 e. The molecule has 2 heterocycles. The molecule has 0 aliphatic heterocycles. The number of aromatic nitrogens is 4. The lowest BCUT2D eigenvalue weighted by atomic mass is 9.95. The number of anilines is 1. The van der Waals surface area contributed by atoms with Gasteiger partial charge in [-0.1, -0.05) is 19.3 Å². The number of fused-ring (bicyclic) bond motifs is 1. The van der Waals surface area contributed by atoms with E-state index in [0.29, 0.717) is 11.6 Å². The normalized spacial score (nSPS) is 16.5. The number of nitrogen functional groups attached to an aromatic ring is 1. The fraction of sp³-hybridized carbons (Fsp3) is 0.615. The van der Waals surface area contributed by atoms with Crippen LogP contribution in [0.15, 0.2) is 9.59 Å². The smallest absolute Gasteiger partial charge is 0.294 e. The first-order chi connectivity index (χ1) is 10.1. The number of imidazole rings is 1. The standard InChI is InChI=1S/C13H20N6O2/c1-17-10-9(11(20)18(2)13(17)21)15-12(16-14)19(10)8-6-4-3-5-7-8/h8H,3-7,14H2,1-2H3,(H,15,16). The van der Waals surface area contributed by atoms with Crippen LogP contribution in [0.25, 0.3) is 11.2 Å². The molecule has 1 fully saturated rings. The molecule has 1 aliphatic rings. The number of nitrogens with one attached hydrogen (secondary N) is 1. The van der Waals surface area contributed by atoms with E-state index in [1.54, 1.807) is 7.05 Å². The van der Waals surface area contributed by atoms with Gasteiger partial charge in [-0.25, -0.2) is 15.6 Å². The van der Waals surface area contributed by atoms with Crippen molar-refractivity contribution in [3.8, 4) is 0 Å². The lowest BCUT2D eigenvalue weighted by Crippen LogP contribution is -2.37. The molecule has 8 heteroatoms. The molecule has 0 spiro atoms. The van der Waals surface area contributed by atoms with Crippen molar-refractivity contribution >= 4 is 17.1 Å². The van der Waals surface area contributed by atoms with Crippen molar-refractivity contribution in [2.75, 3.05) is 5.43 Å². The number of nitrogens with two attached hydrogens (primary N) is 1. The van der Waals surface area contributed by atoms with Crippen LogP contribution in [0.3, 0.4) is 0 Å². The zero-order valence-corrected chi connectivity index (χ0v) is 12.3. The first kappa shape index (κ1) is 13.9. The molecule has 2 aromatic heterocycles. The second-order valence-corrected chi connectivity index (χ2v) is 5.62. The van der Waals surface area contributed by atoms with E-state index < -0.39 is 0 Å². The summed E-state index contributed by atoms with van der Waals surface area (Å²) in [6.45, 7) is 0. The maximum absolute atomic E-state index is 12.3. The van der Waals surface area contributed by atoms with Gasteiger partial charge in [0.2, 0.25) is 5.95 Å². The minimum absolute atomic E-state index is 0.215. The number of aryl methyl sites for hydroxylation is 1. The molecule has 0 bridgehead atoms. The molecule has 0 unspecified atom stereocenters. The summed E-state index contributed by atoms with van der Waals surface area (Å²) in [7, 11) is 3.12. The van der Waals surface area contributed by atoms with E-state index in [-0.39, 0.29) is 22.8 Å². The zero-order chi connectivity index (χ0) is 15.1. The van der Waals surface area contributed by atoms with Crippen LogP contribution in [0.5, 0.6) is 0 Å². The molecule has 21 heavy (non-hydrogen) atoms. The number of hydrazine groups is 1. The second kappa shape index (κ2) is 5.03. The highest BCUT2D eigenvalue weighted by molar-refractivity contribution is 5.74. The SMILES string of the molecule is Cn1c(=O)c2nc(NN)n(C3CCCCC3)c2n(C)c1=O. The molecule has 3 N–H and O–H groups in total. The third kappa shape index (κ3) is 1.98. The Morgan fingerprint density at radius 3 is 2.43 bits per heavy atom. The Hall–Kier alpha value is -2.09. The van der Waals surface area contributed by atoms with Gasteiger partial charge in [0.25, 0.3) is 5.56 Å². The van der Waals surface area contributed by atoms with Crippen molar-refractivity contribution in [2.45, 2.75) is 38.1 Å². The topological polar surface area (TPSA) is 99.9 Å². The van der Waals surface area contributed by atoms with Gasteiger partial charge >= 0.3 is 5.69 Å². The van der Waals surface area contributed by atoms with Crippen LogP contribution in [0.2, 0.25) is 0 Å². The van der Waals surface area contributed by atoms with Gasteiger partial charge < -0.3 is 0 Å². The number of rotatable bonds is 2. The van der Waals surface area contributed by atoms with Crippen molar-refractivity contribution in [2.24, 2.45) is 19.9 Å². The van der Waals surface area contributed by atoms with E-state index in [1.807, 2.05) is 4.57 Å². The van der Waals surface area contributed by atoms with Crippen molar-refractivity contribution < 1.29 is 0 Å². The Kier molecular flexibility index (Phi) is 3.32. The summed E-state index contributed by atoms with van der Waals surface area (Å²) in [4.78, 5) is 28.7. The van der Waals surface area contributed by atoms with Gasteiger partial charge in [0.1, 0.15) is 0 Å². The molecule has 3 rings (SSSR count). The van der Waals surface area contributed by atoms with Crippen molar-refractivity contribution in [1.82, 2.24) is 18.7 Å². The van der Waals surface area contributed by atoms with E-state index in [4.69, 9.17) is 5.84 Å². The Morgan fingerprint density at radius 2 is 1.81 bits per heavy atom. The van der Waals surface area contributed by atoms with Crippen LogP contribution in [-0.2, 0) is 14.1 Å². The fourth-order valence-corrected chi connectivity index (χ4v) is 3.24. The molecule has 0 radical (unpaired) electrons. The van der Waals surface area contributed by atoms with E-state index in [9.17, 15) is 9.59 Å². The second-order valence-electron chi connectivity index (χ2n) is 5.62. The highest BCUT2D eigenvalue weighted by Crippen LogP contribution is 2.32.